The SMILES string of the molecule is Oc1ccc2c(c1)CC1=C(c3ccccc3)c3cc(O)ccc3C1=N2. The first-order valence-electron chi connectivity index (χ1n) is 8.24. The Morgan fingerprint density at radius 1 is 0.760 bits per heavy atom. The van der Waals surface area contributed by atoms with Gasteiger partial charge in [0.05, 0.1) is 11.4 Å². The van der Waals surface area contributed by atoms with Crippen LogP contribution >= 0.6 is 0 Å². The average Bonchev–Trinajstić information content (AvgIpc) is 2.92. The number of phenols is 2. The molecule has 25 heavy (non-hydrogen) atoms. The van der Waals surface area contributed by atoms with Crippen molar-refractivity contribution in [2.75, 3.05) is 0 Å². The van der Waals surface area contributed by atoms with Gasteiger partial charge in [0.2, 0.25) is 0 Å². The maximum Gasteiger partial charge on any atom is 0.116 e. The minimum Gasteiger partial charge on any atom is -0.508 e. The monoisotopic (exact) mass is 325 g/mol. The van der Waals surface area contributed by atoms with E-state index >= 15 is 0 Å². The van der Waals surface area contributed by atoms with E-state index in [1.165, 1.54) is 0 Å². The van der Waals surface area contributed by atoms with Crippen molar-refractivity contribution in [2.24, 2.45) is 4.99 Å². The number of rotatable bonds is 1. The lowest BCUT2D eigenvalue weighted by atomic mass is 9.92. The van der Waals surface area contributed by atoms with Gasteiger partial charge in [-0.05, 0) is 64.2 Å². The molecule has 0 amide bonds. The molecule has 0 unspecified atom stereocenters. The fraction of sp³-hybridized carbons (Fsp3) is 0.0455. The molecule has 0 aromatic heterocycles. The smallest absolute Gasteiger partial charge is 0.116 e. The van der Waals surface area contributed by atoms with Gasteiger partial charge in [0, 0.05) is 12.0 Å². The number of aliphatic imine (C=N–C) groups is 1. The van der Waals surface area contributed by atoms with Crippen LogP contribution in [0.2, 0.25) is 0 Å². The van der Waals surface area contributed by atoms with Crippen molar-refractivity contribution < 1.29 is 10.2 Å². The Labute approximate surface area is 145 Å². The maximum absolute atomic E-state index is 10.0. The summed E-state index contributed by atoms with van der Waals surface area (Å²) >= 11 is 0. The summed E-state index contributed by atoms with van der Waals surface area (Å²) in [6.45, 7) is 0. The fourth-order valence-electron chi connectivity index (χ4n) is 3.76. The Balaban J connectivity index is 1.82. The first-order chi connectivity index (χ1) is 12.2. The molecule has 0 saturated heterocycles. The molecule has 3 aromatic rings. The van der Waals surface area contributed by atoms with Crippen molar-refractivity contribution in [3.63, 3.8) is 0 Å². The van der Waals surface area contributed by atoms with Crippen molar-refractivity contribution >= 4 is 17.0 Å². The highest BCUT2D eigenvalue weighted by Crippen LogP contribution is 2.45. The molecule has 5 rings (SSSR count). The number of hydrogen-bond donors (Lipinski definition) is 2. The maximum atomic E-state index is 10.0. The zero-order valence-corrected chi connectivity index (χ0v) is 13.4. The Kier molecular flexibility index (Phi) is 2.86. The first-order valence-corrected chi connectivity index (χ1v) is 8.24. The summed E-state index contributed by atoms with van der Waals surface area (Å²) in [6.07, 6.45) is 0.711. The van der Waals surface area contributed by atoms with E-state index < -0.39 is 0 Å². The van der Waals surface area contributed by atoms with Gasteiger partial charge in [-0.15, -0.1) is 0 Å². The van der Waals surface area contributed by atoms with E-state index in [4.69, 9.17) is 4.99 Å². The van der Waals surface area contributed by atoms with Crippen molar-refractivity contribution in [1.82, 2.24) is 0 Å². The molecular weight excluding hydrogens is 310 g/mol. The largest absolute Gasteiger partial charge is 0.508 e. The molecule has 0 fully saturated rings. The highest BCUT2D eigenvalue weighted by Gasteiger charge is 2.31. The van der Waals surface area contributed by atoms with Crippen molar-refractivity contribution in [3.8, 4) is 11.5 Å². The van der Waals surface area contributed by atoms with Crippen molar-refractivity contribution in [2.45, 2.75) is 6.42 Å². The van der Waals surface area contributed by atoms with Gasteiger partial charge in [0.25, 0.3) is 0 Å². The highest BCUT2D eigenvalue weighted by atomic mass is 16.3. The van der Waals surface area contributed by atoms with Gasteiger partial charge >= 0.3 is 0 Å². The van der Waals surface area contributed by atoms with Gasteiger partial charge in [0.15, 0.2) is 0 Å². The van der Waals surface area contributed by atoms with Crippen LogP contribution in [0.5, 0.6) is 11.5 Å². The lowest BCUT2D eigenvalue weighted by Gasteiger charge is -2.17. The van der Waals surface area contributed by atoms with E-state index in [-0.39, 0.29) is 11.5 Å². The number of fused-ring (bicyclic) bond motifs is 4. The molecule has 0 saturated carbocycles. The van der Waals surface area contributed by atoms with Crippen LogP contribution in [0.1, 0.15) is 22.3 Å². The molecule has 1 heterocycles. The second-order valence-corrected chi connectivity index (χ2v) is 6.40. The average molecular weight is 325 g/mol. The molecule has 1 aliphatic carbocycles. The molecule has 0 radical (unpaired) electrons. The molecule has 1 aliphatic heterocycles. The van der Waals surface area contributed by atoms with Gasteiger partial charge in [-0.2, -0.15) is 0 Å². The van der Waals surface area contributed by atoms with Crippen LogP contribution in [0.15, 0.2) is 77.3 Å². The second-order valence-electron chi connectivity index (χ2n) is 6.40. The van der Waals surface area contributed by atoms with Crippen LogP contribution in [0.25, 0.3) is 5.57 Å². The van der Waals surface area contributed by atoms with Crippen LogP contribution in [-0.4, -0.2) is 15.9 Å². The molecule has 2 N–H and O–H groups in total. The van der Waals surface area contributed by atoms with Gasteiger partial charge < -0.3 is 10.2 Å². The summed E-state index contributed by atoms with van der Waals surface area (Å²) in [5, 5.41) is 19.8. The number of nitrogens with zero attached hydrogens (tertiary/aromatic N) is 1. The molecule has 3 aromatic carbocycles. The number of aromatic hydroxyl groups is 2. The number of benzene rings is 3. The Hall–Kier alpha value is -3.33. The lowest BCUT2D eigenvalue weighted by molar-refractivity contribution is 0.474. The quantitative estimate of drug-likeness (QED) is 0.687. The Morgan fingerprint density at radius 2 is 1.52 bits per heavy atom. The molecule has 2 aliphatic rings. The second kappa shape index (κ2) is 5.08. The van der Waals surface area contributed by atoms with Crippen LogP contribution in [0.3, 0.4) is 0 Å². The minimum absolute atomic E-state index is 0.252. The van der Waals surface area contributed by atoms with Crippen molar-refractivity contribution in [3.05, 3.63) is 94.6 Å². The van der Waals surface area contributed by atoms with Crippen molar-refractivity contribution in [1.29, 1.82) is 0 Å². The third-order valence-corrected chi connectivity index (χ3v) is 4.84. The van der Waals surface area contributed by atoms with Crippen LogP contribution in [0.4, 0.5) is 5.69 Å². The molecule has 3 heteroatoms. The zero-order chi connectivity index (χ0) is 17.0. The van der Waals surface area contributed by atoms with Crippen LogP contribution in [-0.2, 0) is 6.42 Å². The normalized spacial score (nSPS) is 14.6. The fourth-order valence-corrected chi connectivity index (χ4v) is 3.76. The van der Waals surface area contributed by atoms with Gasteiger partial charge in [-0.3, -0.25) is 0 Å². The first kappa shape index (κ1) is 14.1. The topological polar surface area (TPSA) is 52.8 Å². The molecule has 0 bridgehead atoms. The summed E-state index contributed by atoms with van der Waals surface area (Å²) in [4.78, 5) is 4.86. The number of allylic oxidation sites excluding steroid dienone is 1. The van der Waals surface area contributed by atoms with E-state index in [2.05, 4.69) is 12.1 Å². The van der Waals surface area contributed by atoms with Crippen LogP contribution < -0.4 is 0 Å². The zero-order valence-electron chi connectivity index (χ0n) is 13.4. The molecule has 120 valence electrons. The summed E-state index contributed by atoms with van der Waals surface area (Å²) in [7, 11) is 0. The van der Waals surface area contributed by atoms with E-state index in [9.17, 15) is 10.2 Å². The van der Waals surface area contributed by atoms with Gasteiger partial charge in [-0.25, -0.2) is 4.99 Å². The summed E-state index contributed by atoms with van der Waals surface area (Å²) in [5.41, 5.74) is 8.30. The highest BCUT2D eigenvalue weighted by molar-refractivity contribution is 6.27. The summed E-state index contributed by atoms with van der Waals surface area (Å²) < 4.78 is 0. The Morgan fingerprint density at radius 3 is 2.36 bits per heavy atom. The van der Waals surface area contributed by atoms with Gasteiger partial charge in [-0.1, -0.05) is 30.3 Å². The summed E-state index contributed by atoms with van der Waals surface area (Å²) in [6, 6.07) is 21.0. The van der Waals surface area contributed by atoms with E-state index in [0.717, 1.165) is 44.8 Å². The summed E-state index contributed by atoms with van der Waals surface area (Å²) in [5.74, 6) is 0.509. The minimum atomic E-state index is 0.252. The predicted molar refractivity (Wildman–Crippen MR) is 98.6 cm³/mol. The number of hydrogen-bond acceptors (Lipinski definition) is 3. The van der Waals surface area contributed by atoms with E-state index in [1.54, 1.807) is 18.2 Å². The van der Waals surface area contributed by atoms with E-state index in [0.29, 0.717) is 6.42 Å². The molecule has 0 spiro atoms. The molecule has 3 nitrogen and oxygen atoms in total. The Bertz CT molecular complexity index is 1080. The molecular formula is C22H15NO2. The van der Waals surface area contributed by atoms with E-state index in [1.807, 2.05) is 36.4 Å². The number of phenolic OH excluding ortho intramolecular Hbond substituents is 2. The third-order valence-electron chi connectivity index (χ3n) is 4.84. The lowest BCUT2D eigenvalue weighted by Crippen LogP contribution is -2.08. The third kappa shape index (κ3) is 2.09. The van der Waals surface area contributed by atoms with Crippen LogP contribution in [0, 0.1) is 0 Å². The standard InChI is InChI=1S/C22H15NO2/c24-15-7-9-20-14(10-15)11-19-21(13-4-2-1-3-5-13)18-12-16(25)6-8-17(18)22(19)23-20/h1-10,12,24-25H,11H2. The molecule has 0 atom stereocenters. The predicted octanol–water partition coefficient (Wildman–Crippen LogP) is 4.59. The van der Waals surface area contributed by atoms with Gasteiger partial charge in [0.1, 0.15) is 11.5 Å².